The highest BCUT2D eigenvalue weighted by Crippen LogP contribution is 2.00. The van der Waals surface area contributed by atoms with Gasteiger partial charge in [-0.05, 0) is 31.6 Å². The maximum absolute atomic E-state index is 5.15. The van der Waals surface area contributed by atoms with Crippen LogP contribution in [0.1, 0.15) is 31.2 Å². The van der Waals surface area contributed by atoms with Crippen LogP contribution in [0.25, 0.3) is 0 Å². The molecular formula is C11H20N4S. The number of unbranched alkanes of at least 4 members (excludes halogenated alkanes) is 1. The van der Waals surface area contributed by atoms with Crippen LogP contribution in [0.2, 0.25) is 0 Å². The number of hydrogen-bond donors (Lipinski definition) is 2. The molecule has 0 aliphatic carbocycles. The molecule has 1 rings (SSSR count). The monoisotopic (exact) mass is 240 g/mol. The van der Waals surface area contributed by atoms with Gasteiger partial charge in [0.05, 0.1) is 12.2 Å². The molecular weight excluding hydrogens is 220 g/mol. The van der Waals surface area contributed by atoms with Crippen LogP contribution in [0.3, 0.4) is 0 Å². The van der Waals surface area contributed by atoms with Gasteiger partial charge in [0.15, 0.2) is 5.11 Å². The van der Waals surface area contributed by atoms with Crippen molar-refractivity contribution in [3.8, 4) is 0 Å². The van der Waals surface area contributed by atoms with Crippen LogP contribution in [0.15, 0.2) is 6.07 Å². The minimum Gasteiger partial charge on any atom is -0.363 e. The first-order valence-electron chi connectivity index (χ1n) is 5.64. The minimum atomic E-state index is 0.680. The lowest BCUT2D eigenvalue weighted by atomic mass is 10.3. The molecule has 2 N–H and O–H groups in total. The molecule has 0 amide bonds. The van der Waals surface area contributed by atoms with E-state index in [0.29, 0.717) is 11.7 Å². The van der Waals surface area contributed by atoms with Gasteiger partial charge in [-0.25, -0.2) is 0 Å². The van der Waals surface area contributed by atoms with E-state index in [2.05, 4.69) is 28.7 Å². The predicted octanol–water partition coefficient (Wildman–Crippen LogP) is 1.49. The zero-order valence-corrected chi connectivity index (χ0v) is 11.0. The smallest absolute Gasteiger partial charge is 0.166 e. The Labute approximate surface area is 102 Å². The SMILES string of the molecule is CCCCNC(=S)NCc1cc(C)n(C)n1. The Morgan fingerprint density at radius 2 is 2.25 bits per heavy atom. The highest BCUT2D eigenvalue weighted by atomic mass is 32.1. The lowest BCUT2D eigenvalue weighted by molar-refractivity contribution is 0.703. The van der Waals surface area contributed by atoms with Crippen LogP contribution in [0.4, 0.5) is 0 Å². The Morgan fingerprint density at radius 3 is 2.81 bits per heavy atom. The van der Waals surface area contributed by atoms with Crippen LogP contribution >= 0.6 is 12.2 Å². The number of aryl methyl sites for hydroxylation is 2. The quantitative estimate of drug-likeness (QED) is 0.604. The Balaban J connectivity index is 2.26. The van der Waals surface area contributed by atoms with Crippen molar-refractivity contribution in [2.75, 3.05) is 6.54 Å². The molecule has 0 aliphatic heterocycles. The van der Waals surface area contributed by atoms with Gasteiger partial charge in [-0.1, -0.05) is 13.3 Å². The topological polar surface area (TPSA) is 41.9 Å². The van der Waals surface area contributed by atoms with E-state index in [4.69, 9.17) is 12.2 Å². The summed E-state index contributed by atoms with van der Waals surface area (Å²) in [5, 5.41) is 11.4. The Kier molecular flexibility index (Phi) is 5.25. The molecule has 4 nitrogen and oxygen atoms in total. The van der Waals surface area contributed by atoms with Gasteiger partial charge in [0.25, 0.3) is 0 Å². The predicted molar refractivity (Wildman–Crippen MR) is 70.3 cm³/mol. The number of thiocarbonyl (C=S) groups is 1. The van der Waals surface area contributed by atoms with Gasteiger partial charge in [0, 0.05) is 19.3 Å². The van der Waals surface area contributed by atoms with Gasteiger partial charge in [0.2, 0.25) is 0 Å². The summed E-state index contributed by atoms with van der Waals surface area (Å²) in [5.41, 5.74) is 2.17. The number of nitrogens with one attached hydrogen (secondary N) is 2. The molecule has 0 spiro atoms. The van der Waals surface area contributed by atoms with E-state index < -0.39 is 0 Å². The fraction of sp³-hybridized carbons (Fsp3) is 0.636. The van der Waals surface area contributed by atoms with Crippen molar-refractivity contribution in [1.29, 1.82) is 0 Å². The first-order valence-corrected chi connectivity index (χ1v) is 6.05. The molecule has 0 saturated heterocycles. The Hall–Kier alpha value is -1.10. The first-order chi connectivity index (χ1) is 7.63. The number of aromatic nitrogens is 2. The van der Waals surface area contributed by atoms with Crippen molar-refractivity contribution < 1.29 is 0 Å². The van der Waals surface area contributed by atoms with Gasteiger partial charge < -0.3 is 10.6 Å². The second-order valence-corrected chi connectivity index (χ2v) is 4.27. The van der Waals surface area contributed by atoms with Gasteiger partial charge >= 0.3 is 0 Å². The molecule has 90 valence electrons. The van der Waals surface area contributed by atoms with Crippen LogP contribution in [0, 0.1) is 6.92 Å². The zero-order valence-electron chi connectivity index (χ0n) is 10.2. The number of hydrogen-bond acceptors (Lipinski definition) is 2. The summed E-state index contributed by atoms with van der Waals surface area (Å²) in [6.07, 6.45) is 2.32. The lowest BCUT2D eigenvalue weighted by Gasteiger charge is -2.08. The summed E-state index contributed by atoms with van der Waals surface area (Å²) >= 11 is 5.15. The fourth-order valence-corrected chi connectivity index (χ4v) is 1.51. The molecule has 0 aliphatic rings. The molecule has 1 heterocycles. The highest BCUT2D eigenvalue weighted by molar-refractivity contribution is 7.80. The number of rotatable bonds is 5. The maximum Gasteiger partial charge on any atom is 0.166 e. The van der Waals surface area contributed by atoms with Gasteiger partial charge in [-0.15, -0.1) is 0 Å². The summed E-state index contributed by atoms with van der Waals surface area (Å²) in [7, 11) is 1.94. The summed E-state index contributed by atoms with van der Waals surface area (Å²) in [4.78, 5) is 0. The van der Waals surface area contributed by atoms with Gasteiger partial charge in [0.1, 0.15) is 0 Å². The zero-order chi connectivity index (χ0) is 12.0. The van der Waals surface area contributed by atoms with Crippen molar-refractivity contribution in [3.05, 3.63) is 17.5 Å². The Bertz CT molecular complexity index is 326. The van der Waals surface area contributed by atoms with E-state index in [1.165, 1.54) is 6.42 Å². The van der Waals surface area contributed by atoms with E-state index in [-0.39, 0.29) is 0 Å². The van der Waals surface area contributed by atoms with Crippen LogP contribution in [-0.4, -0.2) is 21.4 Å². The molecule has 1 aromatic heterocycles. The summed E-state index contributed by atoms with van der Waals surface area (Å²) in [6, 6.07) is 2.06. The molecule has 0 unspecified atom stereocenters. The highest BCUT2D eigenvalue weighted by Gasteiger charge is 2.01. The second kappa shape index (κ2) is 6.48. The molecule has 0 radical (unpaired) electrons. The van der Waals surface area contributed by atoms with E-state index in [1.807, 2.05) is 18.7 Å². The largest absolute Gasteiger partial charge is 0.363 e. The van der Waals surface area contributed by atoms with Crippen molar-refractivity contribution in [2.45, 2.75) is 33.2 Å². The van der Waals surface area contributed by atoms with E-state index >= 15 is 0 Å². The third kappa shape index (κ3) is 4.18. The van der Waals surface area contributed by atoms with Crippen LogP contribution < -0.4 is 10.6 Å². The average Bonchev–Trinajstić information content (AvgIpc) is 2.56. The lowest BCUT2D eigenvalue weighted by Crippen LogP contribution is -2.35. The molecule has 0 aromatic carbocycles. The van der Waals surface area contributed by atoms with E-state index in [1.54, 1.807) is 0 Å². The average molecular weight is 240 g/mol. The summed E-state index contributed by atoms with van der Waals surface area (Å²) in [6.45, 7) is 5.81. The molecule has 0 saturated carbocycles. The summed E-state index contributed by atoms with van der Waals surface area (Å²) < 4.78 is 1.87. The molecule has 0 fully saturated rings. The Morgan fingerprint density at radius 1 is 1.50 bits per heavy atom. The molecule has 0 bridgehead atoms. The fourth-order valence-electron chi connectivity index (χ4n) is 1.33. The van der Waals surface area contributed by atoms with Crippen molar-refractivity contribution in [3.63, 3.8) is 0 Å². The van der Waals surface area contributed by atoms with Gasteiger partial charge in [-0.3, -0.25) is 4.68 Å². The first kappa shape index (κ1) is 13.0. The van der Waals surface area contributed by atoms with Crippen molar-refractivity contribution in [1.82, 2.24) is 20.4 Å². The standard InChI is InChI=1S/C11H20N4S/c1-4-5-6-12-11(16)13-8-10-7-9(2)15(3)14-10/h7H,4-6,8H2,1-3H3,(H2,12,13,16). The third-order valence-electron chi connectivity index (χ3n) is 2.41. The van der Waals surface area contributed by atoms with E-state index in [0.717, 1.165) is 24.4 Å². The molecule has 0 atom stereocenters. The molecule has 16 heavy (non-hydrogen) atoms. The van der Waals surface area contributed by atoms with Crippen molar-refractivity contribution in [2.24, 2.45) is 7.05 Å². The normalized spacial score (nSPS) is 10.2. The second-order valence-electron chi connectivity index (χ2n) is 3.86. The summed E-state index contributed by atoms with van der Waals surface area (Å²) in [5.74, 6) is 0. The van der Waals surface area contributed by atoms with Crippen LogP contribution in [0.5, 0.6) is 0 Å². The van der Waals surface area contributed by atoms with Crippen LogP contribution in [-0.2, 0) is 13.6 Å². The van der Waals surface area contributed by atoms with Gasteiger partial charge in [-0.2, -0.15) is 5.10 Å². The molecule has 1 aromatic rings. The third-order valence-corrected chi connectivity index (χ3v) is 2.70. The minimum absolute atomic E-state index is 0.680. The van der Waals surface area contributed by atoms with Crippen molar-refractivity contribution >= 4 is 17.3 Å². The maximum atomic E-state index is 5.15. The molecule has 5 heteroatoms. The van der Waals surface area contributed by atoms with E-state index in [9.17, 15) is 0 Å². The number of nitrogens with zero attached hydrogens (tertiary/aromatic N) is 2.